The van der Waals surface area contributed by atoms with Crippen molar-refractivity contribution in [3.63, 3.8) is 0 Å². The maximum Gasteiger partial charge on any atom is 0.416 e. The molecule has 1 fully saturated rings. The van der Waals surface area contributed by atoms with Crippen LogP contribution in [0, 0.1) is 5.92 Å². The highest BCUT2D eigenvalue weighted by Crippen LogP contribution is 2.29. The van der Waals surface area contributed by atoms with Crippen LogP contribution in [0.4, 0.5) is 13.2 Å². The first kappa shape index (κ1) is 22.3. The third-order valence-corrected chi connectivity index (χ3v) is 5.76. The lowest BCUT2D eigenvalue weighted by Crippen LogP contribution is -2.40. The molecule has 5 nitrogen and oxygen atoms in total. The van der Waals surface area contributed by atoms with Crippen LogP contribution in [0.1, 0.15) is 41.3 Å². The molecule has 0 saturated carbocycles. The molecule has 2 heterocycles. The van der Waals surface area contributed by atoms with Crippen LogP contribution in [0.5, 0.6) is 0 Å². The van der Waals surface area contributed by atoms with E-state index >= 15 is 0 Å². The number of carbonyl (C=O) groups excluding carboxylic acids is 1. The first-order valence-corrected chi connectivity index (χ1v) is 10.4. The number of nitrogens with zero attached hydrogens (tertiary/aromatic N) is 4. The third-order valence-electron chi connectivity index (χ3n) is 5.76. The van der Waals surface area contributed by atoms with Crippen molar-refractivity contribution in [2.24, 2.45) is 5.92 Å². The van der Waals surface area contributed by atoms with Crippen LogP contribution in [0.3, 0.4) is 0 Å². The van der Waals surface area contributed by atoms with Crippen molar-refractivity contribution in [3.05, 3.63) is 53.3 Å². The van der Waals surface area contributed by atoms with Crippen LogP contribution in [-0.4, -0.2) is 58.7 Å². The largest absolute Gasteiger partial charge is 0.416 e. The molecule has 3 rings (SSSR count). The van der Waals surface area contributed by atoms with Crippen molar-refractivity contribution in [3.8, 4) is 0 Å². The number of alkyl halides is 3. The zero-order chi connectivity index (χ0) is 21.7. The van der Waals surface area contributed by atoms with Crippen molar-refractivity contribution in [2.45, 2.75) is 38.9 Å². The summed E-state index contributed by atoms with van der Waals surface area (Å²) >= 11 is 0. The molecule has 0 bridgehead atoms. The number of likely N-dealkylation sites (tertiary alicyclic amines) is 1. The predicted molar refractivity (Wildman–Crippen MR) is 109 cm³/mol. The highest BCUT2D eigenvalue weighted by molar-refractivity contribution is 5.93. The standard InChI is InChI=1S/C22H29F3N4O/c1-3-29-16-19(14-26-29)21(30)27(2)15-18-8-11-28(12-9-18)10-7-17-5-4-6-20(13-17)22(23,24)25/h4-6,13-14,16,18H,3,7-12,15H2,1-2H3. The minimum atomic E-state index is -4.30. The first-order chi connectivity index (χ1) is 14.3. The Morgan fingerprint density at radius 2 is 2.00 bits per heavy atom. The van der Waals surface area contributed by atoms with Crippen LogP contribution in [0.25, 0.3) is 0 Å². The highest BCUT2D eigenvalue weighted by Gasteiger charge is 2.30. The number of piperidine rings is 1. The lowest BCUT2D eigenvalue weighted by Gasteiger charge is -2.33. The molecule has 0 unspecified atom stereocenters. The van der Waals surface area contributed by atoms with Crippen molar-refractivity contribution < 1.29 is 18.0 Å². The fourth-order valence-corrected chi connectivity index (χ4v) is 3.92. The Balaban J connectivity index is 1.43. The molecule has 1 amide bonds. The van der Waals surface area contributed by atoms with E-state index in [1.807, 2.05) is 14.0 Å². The molecule has 0 spiro atoms. The lowest BCUT2D eigenvalue weighted by molar-refractivity contribution is -0.137. The molecule has 1 aromatic heterocycles. The zero-order valence-corrected chi connectivity index (χ0v) is 17.5. The molecule has 1 saturated heterocycles. The molecule has 8 heteroatoms. The SMILES string of the molecule is CCn1cc(C(=O)N(C)CC2CCN(CCc3cccc(C(F)(F)F)c3)CC2)cn1. The van der Waals surface area contributed by atoms with Gasteiger partial charge in [-0.3, -0.25) is 9.48 Å². The van der Waals surface area contributed by atoms with Crippen LogP contribution >= 0.6 is 0 Å². The smallest absolute Gasteiger partial charge is 0.341 e. The molecule has 2 aromatic rings. The molecular weight excluding hydrogens is 393 g/mol. The number of benzene rings is 1. The second kappa shape index (κ2) is 9.64. The number of aromatic nitrogens is 2. The van der Waals surface area contributed by atoms with Gasteiger partial charge in [-0.05, 0) is 56.8 Å². The Morgan fingerprint density at radius 1 is 1.27 bits per heavy atom. The number of halogens is 3. The minimum Gasteiger partial charge on any atom is -0.341 e. The van der Waals surface area contributed by atoms with Gasteiger partial charge < -0.3 is 9.80 Å². The van der Waals surface area contributed by atoms with Gasteiger partial charge >= 0.3 is 6.18 Å². The van der Waals surface area contributed by atoms with Gasteiger partial charge in [-0.25, -0.2) is 0 Å². The second-order valence-corrected chi connectivity index (χ2v) is 8.00. The molecule has 30 heavy (non-hydrogen) atoms. The summed E-state index contributed by atoms with van der Waals surface area (Å²) in [5.74, 6) is 0.423. The van der Waals surface area contributed by atoms with Crippen molar-refractivity contribution >= 4 is 5.91 Å². The Labute approximate surface area is 175 Å². The number of amides is 1. The van der Waals surface area contributed by atoms with Gasteiger partial charge in [0.05, 0.1) is 17.3 Å². The van der Waals surface area contributed by atoms with E-state index in [4.69, 9.17) is 0 Å². The molecule has 0 radical (unpaired) electrons. The molecular formula is C22H29F3N4O. The summed E-state index contributed by atoms with van der Waals surface area (Å²) < 4.78 is 40.3. The number of aryl methyl sites for hydroxylation is 1. The first-order valence-electron chi connectivity index (χ1n) is 10.4. The zero-order valence-electron chi connectivity index (χ0n) is 17.5. The molecule has 0 aliphatic carbocycles. The van der Waals surface area contributed by atoms with Crippen LogP contribution < -0.4 is 0 Å². The average Bonchev–Trinajstić information content (AvgIpc) is 3.21. The van der Waals surface area contributed by atoms with Gasteiger partial charge in [0.25, 0.3) is 5.91 Å². The van der Waals surface area contributed by atoms with Gasteiger partial charge in [0.2, 0.25) is 0 Å². The second-order valence-electron chi connectivity index (χ2n) is 8.00. The number of hydrogen-bond donors (Lipinski definition) is 0. The predicted octanol–water partition coefficient (Wildman–Crippen LogP) is 3.95. The van der Waals surface area contributed by atoms with Gasteiger partial charge in [-0.1, -0.05) is 18.2 Å². The Bertz CT molecular complexity index is 841. The quantitative estimate of drug-likeness (QED) is 0.679. The third kappa shape index (κ3) is 5.84. The van der Waals surface area contributed by atoms with E-state index in [1.54, 1.807) is 28.0 Å². The van der Waals surface area contributed by atoms with Gasteiger partial charge in [0.15, 0.2) is 0 Å². The van der Waals surface area contributed by atoms with E-state index in [2.05, 4.69) is 10.00 Å². The number of rotatable bonds is 7. The van der Waals surface area contributed by atoms with Gasteiger partial charge in [0.1, 0.15) is 0 Å². The summed E-state index contributed by atoms with van der Waals surface area (Å²) in [6.45, 7) is 5.97. The summed E-state index contributed by atoms with van der Waals surface area (Å²) in [6, 6.07) is 5.58. The maximum atomic E-state index is 12.9. The Morgan fingerprint density at radius 3 is 2.63 bits per heavy atom. The molecule has 164 valence electrons. The van der Waals surface area contributed by atoms with Crippen LogP contribution in [0.15, 0.2) is 36.7 Å². The van der Waals surface area contributed by atoms with E-state index in [9.17, 15) is 18.0 Å². The molecule has 1 aromatic carbocycles. The van der Waals surface area contributed by atoms with Crippen molar-refractivity contribution in [1.29, 1.82) is 0 Å². The maximum absolute atomic E-state index is 12.9. The van der Waals surface area contributed by atoms with E-state index in [0.717, 1.165) is 45.1 Å². The normalized spacial score (nSPS) is 16.0. The topological polar surface area (TPSA) is 41.4 Å². The summed E-state index contributed by atoms with van der Waals surface area (Å²) in [6.07, 6.45) is 1.65. The molecule has 1 aliphatic heterocycles. The summed E-state index contributed by atoms with van der Waals surface area (Å²) in [5, 5.41) is 4.16. The summed E-state index contributed by atoms with van der Waals surface area (Å²) in [7, 11) is 1.83. The van der Waals surface area contributed by atoms with Crippen LogP contribution in [0.2, 0.25) is 0 Å². The van der Waals surface area contributed by atoms with Crippen LogP contribution in [-0.2, 0) is 19.1 Å². The van der Waals surface area contributed by atoms with E-state index in [-0.39, 0.29) is 5.91 Å². The van der Waals surface area contributed by atoms with Crippen molar-refractivity contribution in [1.82, 2.24) is 19.6 Å². The van der Waals surface area contributed by atoms with E-state index in [0.29, 0.717) is 30.0 Å². The number of hydrogen-bond acceptors (Lipinski definition) is 3. The fraction of sp³-hybridized carbons (Fsp3) is 0.545. The number of carbonyl (C=O) groups is 1. The summed E-state index contributed by atoms with van der Waals surface area (Å²) in [4.78, 5) is 16.6. The molecule has 1 aliphatic rings. The van der Waals surface area contributed by atoms with E-state index in [1.165, 1.54) is 12.1 Å². The fourth-order valence-electron chi connectivity index (χ4n) is 3.92. The molecule has 0 atom stereocenters. The average molecular weight is 422 g/mol. The van der Waals surface area contributed by atoms with Gasteiger partial charge in [-0.15, -0.1) is 0 Å². The van der Waals surface area contributed by atoms with Gasteiger partial charge in [-0.2, -0.15) is 18.3 Å². The monoisotopic (exact) mass is 422 g/mol. The van der Waals surface area contributed by atoms with Crippen molar-refractivity contribution in [2.75, 3.05) is 33.2 Å². The summed E-state index contributed by atoms with van der Waals surface area (Å²) in [5.41, 5.74) is 0.735. The Hall–Kier alpha value is -2.35. The Kier molecular flexibility index (Phi) is 7.18. The molecule has 0 N–H and O–H groups in total. The highest BCUT2D eigenvalue weighted by atomic mass is 19.4. The minimum absolute atomic E-state index is 0.0123. The van der Waals surface area contributed by atoms with E-state index < -0.39 is 11.7 Å². The van der Waals surface area contributed by atoms with Gasteiger partial charge in [0, 0.05) is 32.9 Å². The lowest BCUT2D eigenvalue weighted by atomic mass is 9.95.